The maximum Gasteiger partial charge on any atom is 0.416 e. The predicted octanol–water partition coefficient (Wildman–Crippen LogP) is 4.02. The molecule has 0 atom stereocenters. The Hall–Kier alpha value is -2.53. The van der Waals surface area contributed by atoms with E-state index in [1.165, 1.54) is 12.1 Å². The lowest BCUT2D eigenvalue weighted by molar-refractivity contribution is -0.137. The number of piperidine rings is 1. The van der Waals surface area contributed by atoms with Gasteiger partial charge in [-0.1, -0.05) is 6.07 Å². The average Bonchev–Trinajstić information content (AvgIpc) is 2.69. The number of nitrogens with one attached hydrogen (secondary N) is 1. The SMILES string of the molecule is O=C(Nc1cccc(C(F)(F)F)c1)C1CCN(S(=O)(=O)c2ccc(F)c(F)c2)CC1. The standard InChI is InChI=1S/C19H17F5N2O3S/c20-16-5-4-15(11-17(16)21)30(28,29)26-8-6-12(7-9-26)18(27)25-14-3-1-2-13(10-14)19(22,23)24/h1-5,10-12H,6-9H2,(H,25,27). The molecule has 1 saturated heterocycles. The first-order valence-corrected chi connectivity index (χ1v) is 10.4. The Bertz CT molecular complexity index is 1050. The quantitative estimate of drug-likeness (QED) is 0.719. The monoisotopic (exact) mass is 448 g/mol. The number of sulfonamides is 1. The fourth-order valence-electron chi connectivity index (χ4n) is 3.16. The lowest BCUT2D eigenvalue weighted by Crippen LogP contribution is -2.41. The number of carbonyl (C=O) groups excluding carboxylic acids is 1. The van der Waals surface area contributed by atoms with Crippen molar-refractivity contribution >= 4 is 21.6 Å². The molecule has 5 nitrogen and oxygen atoms in total. The average molecular weight is 448 g/mol. The number of alkyl halides is 3. The van der Waals surface area contributed by atoms with Crippen LogP contribution in [0.15, 0.2) is 47.4 Å². The lowest BCUT2D eigenvalue weighted by Gasteiger charge is -2.30. The Morgan fingerprint density at radius 1 is 1.00 bits per heavy atom. The van der Waals surface area contributed by atoms with Gasteiger partial charge in [0.2, 0.25) is 15.9 Å². The highest BCUT2D eigenvalue weighted by molar-refractivity contribution is 7.89. The predicted molar refractivity (Wildman–Crippen MR) is 97.9 cm³/mol. The maximum absolute atomic E-state index is 13.4. The summed E-state index contributed by atoms with van der Waals surface area (Å²) < 4.78 is 91.0. The van der Waals surface area contributed by atoms with Crippen molar-refractivity contribution in [3.63, 3.8) is 0 Å². The van der Waals surface area contributed by atoms with E-state index >= 15 is 0 Å². The van der Waals surface area contributed by atoms with E-state index < -0.39 is 50.1 Å². The smallest absolute Gasteiger partial charge is 0.326 e. The summed E-state index contributed by atoms with van der Waals surface area (Å²) in [5.74, 6) is -3.57. The zero-order chi connectivity index (χ0) is 22.1. The number of carbonyl (C=O) groups is 1. The molecule has 0 saturated carbocycles. The highest BCUT2D eigenvalue weighted by Gasteiger charge is 2.33. The number of anilines is 1. The van der Waals surface area contributed by atoms with Crippen LogP contribution in [0.25, 0.3) is 0 Å². The summed E-state index contributed by atoms with van der Waals surface area (Å²) in [6.45, 7) is -0.0794. The molecular formula is C19H17F5N2O3S. The minimum absolute atomic E-state index is 0.00772. The van der Waals surface area contributed by atoms with Crippen molar-refractivity contribution in [3.05, 3.63) is 59.7 Å². The number of hydrogen-bond acceptors (Lipinski definition) is 3. The van der Waals surface area contributed by atoms with Gasteiger partial charge in [-0.3, -0.25) is 4.79 Å². The number of benzene rings is 2. The van der Waals surface area contributed by atoms with Gasteiger partial charge < -0.3 is 5.32 Å². The van der Waals surface area contributed by atoms with E-state index in [-0.39, 0.29) is 31.6 Å². The second-order valence-electron chi connectivity index (χ2n) is 6.82. The molecule has 0 radical (unpaired) electrons. The maximum atomic E-state index is 13.4. The van der Waals surface area contributed by atoms with Gasteiger partial charge in [-0.15, -0.1) is 0 Å². The topological polar surface area (TPSA) is 66.5 Å². The summed E-state index contributed by atoms with van der Waals surface area (Å²) >= 11 is 0. The van der Waals surface area contributed by atoms with Crippen LogP contribution in [0.3, 0.4) is 0 Å². The summed E-state index contributed by atoms with van der Waals surface area (Å²) in [7, 11) is -4.06. The molecule has 30 heavy (non-hydrogen) atoms. The first-order valence-electron chi connectivity index (χ1n) is 8.92. The molecule has 1 heterocycles. The molecule has 0 spiro atoms. The van der Waals surface area contributed by atoms with Gasteiger partial charge in [0.15, 0.2) is 11.6 Å². The molecule has 2 aromatic carbocycles. The Kier molecular flexibility index (Phi) is 6.14. The summed E-state index contributed by atoms with van der Waals surface area (Å²) in [6.07, 6.45) is -4.28. The Labute approximate surface area is 169 Å². The van der Waals surface area contributed by atoms with Gasteiger partial charge in [0.25, 0.3) is 0 Å². The molecule has 0 unspecified atom stereocenters. The van der Waals surface area contributed by atoms with E-state index in [1.807, 2.05) is 0 Å². The van der Waals surface area contributed by atoms with Gasteiger partial charge >= 0.3 is 6.18 Å². The Morgan fingerprint density at radius 2 is 1.67 bits per heavy atom. The molecular weight excluding hydrogens is 431 g/mol. The van der Waals surface area contributed by atoms with Crippen molar-refractivity contribution in [2.24, 2.45) is 5.92 Å². The summed E-state index contributed by atoms with van der Waals surface area (Å²) in [5.41, 5.74) is -0.903. The number of rotatable bonds is 4. The molecule has 1 amide bonds. The zero-order valence-electron chi connectivity index (χ0n) is 15.4. The first kappa shape index (κ1) is 22.2. The molecule has 3 rings (SSSR count). The number of amides is 1. The van der Waals surface area contributed by atoms with Crippen molar-refractivity contribution in [2.75, 3.05) is 18.4 Å². The lowest BCUT2D eigenvalue weighted by atomic mass is 9.97. The number of halogens is 5. The minimum atomic E-state index is -4.54. The van der Waals surface area contributed by atoms with Gasteiger partial charge in [-0.25, -0.2) is 17.2 Å². The molecule has 0 bridgehead atoms. The number of hydrogen-bond donors (Lipinski definition) is 1. The molecule has 11 heteroatoms. The molecule has 162 valence electrons. The second kappa shape index (κ2) is 8.31. The normalized spacial score (nSPS) is 16.4. The third-order valence-electron chi connectivity index (χ3n) is 4.81. The molecule has 0 aliphatic carbocycles. The van der Waals surface area contributed by atoms with Gasteiger partial charge in [0.05, 0.1) is 10.5 Å². The fraction of sp³-hybridized carbons (Fsp3) is 0.316. The second-order valence-corrected chi connectivity index (χ2v) is 8.76. The summed E-state index contributed by atoms with van der Waals surface area (Å²) in [5, 5.41) is 2.42. The van der Waals surface area contributed by atoms with Crippen molar-refractivity contribution in [3.8, 4) is 0 Å². The van der Waals surface area contributed by atoms with Crippen LogP contribution in [0.1, 0.15) is 18.4 Å². The van der Waals surface area contributed by atoms with Crippen molar-refractivity contribution < 1.29 is 35.2 Å². The van der Waals surface area contributed by atoms with Gasteiger partial charge in [0.1, 0.15) is 0 Å². The van der Waals surface area contributed by atoms with Crippen LogP contribution in [0.4, 0.5) is 27.6 Å². The van der Waals surface area contributed by atoms with Crippen LogP contribution < -0.4 is 5.32 Å². The highest BCUT2D eigenvalue weighted by Crippen LogP contribution is 2.31. The van der Waals surface area contributed by atoms with Crippen LogP contribution in [0.5, 0.6) is 0 Å². The van der Waals surface area contributed by atoms with E-state index in [1.54, 1.807) is 0 Å². The Morgan fingerprint density at radius 3 is 2.27 bits per heavy atom. The molecule has 1 aliphatic heterocycles. The molecule has 1 aliphatic rings. The van der Waals surface area contributed by atoms with Crippen LogP contribution in [-0.2, 0) is 21.0 Å². The number of nitrogens with zero attached hydrogens (tertiary/aromatic N) is 1. The Balaban J connectivity index is 1.64. The largest absolute Gasteiger partial charge is 0.416 e. The van der Waals surface area contributed by atoms with Crippen molar-refractivity contribution in [2.45, 2.75) is 23.9 Å². The molecule has 0 aromatic heterocycles. The first-order chi connectivity index (χ1) is 14.0. The molecule has 1 N–H and O–H groups in total. The van der Waals surface area contributed by atoms with E-state index in [0.29, 0.717) is 6.07 Å². The van der Waals surface area contributed by atoms with Crippen LogP contribution in [0, 0.1) is 17.6 Å². The summed E-state index contributed by atoms with van der Waals surface area (Å²) in [6, 6.07) is 6.48. The van der Waals surface area contributed by atoms with Crippen LogP contribution in [-0.4, -0.2) is 31.7 Å². The van der Waals surface area contributed by atoms with Crippen LogP contribution in [0.2, 0.25) is 0 Å². The fourth-order valence-corrected chi connectivity index (χ4v) is 4.64. The van der Waals surface area contributed by atoms with E-state index in [2.05, 4.69) is 5.32 Å². The molecule has 1 fully saturated rings. The third kappa shape index (κ3) is 4.78. The van der Waals surface area contributed by atoms with Gasteiger partial charge in [-0.2, -0.15) is 17.5 Å². The third-order valence-corrected chi connectivity index (χ3v) is 6.71. The van der Waals surface area contributed by atoms with Crippen LogP contribution >= 0.6 is 0 Å². The summed E-state index contributed by atoms with van der Waals surface area (Å²) in [4.78, 5) is 12.0. The van der Waals surface area contributed by atoms with Crippen molar-refractivity contribution in [1.29, 1.82) is 0 Å². The van der Waals surface area contributed by atoms with E-state index in [9.17, 15) is 35.2 Å². The highest BCUT2D eigenvalue weighted by atomic mass is 32.2. The zero-order valence-corrected chi connectivity index (χ0v) is 16.2. The van der Waals surface area contributed by atoms with Gasteiger partial charge in [-0.05, 0) is 49.2 Å². The van der Waals surface area contributed by atoms with Crippen molar-refractivity contribution in [1.82, 2.24) is 4.31 Å². The minimum Gasteiger partial charge on any atom is -0.326 e. The van der Waals surface area contributed by atoms with Gasteiger partial charge in [0, 0.05) is 24.7 Å². The van der Waals surface area contributed by atoms with E-state index in [4.69, 9.17) is 0 Å². The van der Waals surface area contributed by atoms with E-state index in [0.717, 1.165) is 28.6 Å². The molecule has 2 aromatic rings.